The van der Waals surface area contributed by atoms with Crippen molar-refractivity contribution in [1.29, 1.82) is 0 Å². The van der Waals surface area contributed by atoms with E-state index in [4.69, 9.17) is 0 Å². The molecule has 1 aromatic rings. The molecule has 1 aliphatic heterocycles. The summed E-state index contributed by atoms with van der Waals surface area (Å²) in [5.41, 5.74) is 1.33. The van der Waals surface area contributed by atoms with Crippen molar-refractivity contribution in [2.45, 2.75) is 33.1 Å². The third-order valence-corrected chi connectivity index (χ3v) is 4.08. The highest BCUT2D eigenvalue weighted by Crippen LogP contribution is 2.20. The SMILES string of the molecule is CCC(=O)N1CCC(C(=O)Nc2ccc(C(C)=O)cc2)CC1. The molecule has 1 aromatic carbocycles. The van der Waals surface area contributed by atoms with Crippen molar-refractivity contribution >= 4 is 23.3 Å². The number of amides is 2. The predicted molar refractivity (Wildman–Crippen MR) is 84.7 cm³/mol. The zero-order valence-corrected chi connectivity index (χ0v) is 13.1. The van der Waals surface area contributed by atoms with Crippen LogP contribution < -0.4 is 5.32 Å². The summed E-state index contributed by atoms with van der Waals surface area (Å²) in [6.45, 7) is 4.66. The topological polar surface area (TPSA) is 66.5 Å². The quantitative estimate of drug-likeness (QED) is 0.869. The second-order valence-corrected chi connectivity index (χ2v) is 5.63. The van der Waals surface area contributed by atoms with Gasteiger partial charge in [-0.15, -0.1) is 0 Å². The maximum atomic E-state index is 12.3. The molecule has 0 bridgehead atoms. The molecule has 1 saturated heterocycles. The molecule has 0 aliphatic carbocycles. The molecule has 2 amide bonds. The Labute approximate surface area is 130 Å². The number of benzene rings is 1. The van der Waals surface area contributed by atoms with Gasteiger partial charge in [-0.2, -0.15) is 0 Å². The fourth-order valence-electron chi connectivity index (χ4n) is 2.65. The van der Waals surface area contributed by atoms with Crippen LogP contribution in [-0.2, 0) is 9.59 Å². The van der Waals surface area contributed by atoms with Gasteiger partial charge in [-0.25, -0.2) is 0 Å². The molecule has 1 heterocycles. The van der Waals surface area contributed by atoms with E-state index in [1.54, 1.807) is 24.3 Å². The van der Waals surface area contributed by atoms with Crippen LogP contribution in [0.5, 0.6) is 0 Å². The summed E-state index contributed by atoms with van der Waals surface area (Å²) in [5, 5.41) is 2.88. The number of hydrogen-bond acceptors (Lipinski definition) is 3. The van der Waals surface area contributed by atoms with E-state index < -0.39 is 0 Å². The zero-order chi connectivity index (χ0) is 16.1. The highest BCUT2D eigenvalue weighted by molar-refractivity contribution is 5.96. The van der Waals surface area contributed by atoms with E-state index >= 15 is 0 Å². The minimum atomic E-state index is -0.0617. The van der Waals surface area contributed by atoms with Crippen LogP contribution in [0.1, 0.15) is 43.5 Å². The standard InChI is InChI=1S/C17H22N2O3/c1-3-16(21)19-10-8-14(9-11-19)17(22)18-15-6-4-13(5-7-15)12(2)20/h4-7,14H,3,8-11H2,1-2H3,(H,18,22). The first-order chi connectivity index (χ1) is 10.5. The number of carbonyl (C=O) groups is 3. The lowest BCUT2D eigenvalue weighted by molar-refractivity contribution is -0.134. The molecule has 5 nitrogen and oxygen atoms in total. The molecule has 118 valence electrons. The summed E-state index contributed by atoms with van der Waals surface area (Å²) >= 11 is 0. The van der Waals surface area contributed by atoms with Crippen molar-refractivity contribution in [3.63, 3.8) is 0 Å². The smallest absolute Gasteiger partial charge is 0.227 e. The van der Waals surface area contributed by atoms with Gasteiger partial charge in [0.2, 0.25) is 11.8 Å². The average Bonchev–Trinajstić information content (AvgIpc) is 2.54. The van der Waals surface area contributed by atoms with E-state index in [0.717, 1.165) is 0 Å². The molecule has 0 saturated carbocycles. The van der Waals surface area contributed by atoms with E-state index in [-0.39, 0.29) is 23.5 Å². The highest BCUT2D eigenvalue weighted by Gasteiger charge is 2.26. The van der Waals surface area contributed by atoms with E-state index in [0.29, 0.717) is 43.6 Å². The van der Waals surface area contributed by atoms with Gasteiger partial charge in [0, 0.05) is 36.7 Å². The first-order valence-electron chi connectivity index (χ1n) is 7.71. The second kappa shape index (κ2) is 7.20. The van der Waals surface area contributed by atoms with Crippen molar-refractivity contribution in [3.8, 4) is 0 Å². The summed E-state index contributed by atoms with van der Waals surface area (Å²) in [6, 6.07) is 6.90. The predicted octanol–water partition coefficient (Wildman–Crippen LogP) is 2.48. The first kappa shape index (κ1) is 16.2. The Morgan fingerprint density at radius 3 is 2.23 bits per heavy atom. The van der Waals surface area contributed by atoms with Crippen LogP contribution >= 0.6 is 0 Å². The number of nitrogens with zero attached hydrogens (tertiary/aromatic N) is 1. The van der Waals surface area contributed by atoms with Crippen LogP contribution in [0.4, 0.5) is 5.69 Å². The summed E-state index contributed by atoms with van der Waals surface area (Å²) in [4.78, 5) is 36.9. The number of nitrogens with one attached hydrogen (secondary N) is 1. The van der Waals surface area contributed by atoms with Gasteiger partial charge in [0.25, 0.3) is 0 Å². The number of ketones is 1. The Morgan fingerprint density at radius 1 is 1.14 bits per heavy atom. The van der Waals surface area contributed by atoms with Crippen molar-refractivity contribution in [2.24, 2.45) is 5.92 Å². The van der Waals surface area contributed by atoms with Crippen LogP contribution in [0.3, 0.4) is 0 Å². The molecule has 0 spiro atoms. The molecular weight excluding hydrogens is 280 g/mol. The van der Waals surface area contributed by atoms with E-state index in [9.17, 15) is 14.4 Å². The van der Waals surface area contributed by atoms with Gasteiger partial charge in [-0.1, -0.05) is 6.92 Å². The highest BCUT2D eigenvalue weighted by atomic mass is 16.2. The number of carbonyl (C=O) groups excluding carboxylic acids is 3. The molecule has 5 heteroatoms. The van der Waals surface area contributed by atoms with Gasteiger partial charge in [0.05, 0.1) is 0 Å². The number of piperidine rings is 1. The fraction of sp³-hybridized carbons (Fsp3) is 0.471. The Morgan fingerprint density at radius 2 is 1.73 bits per heavy atom. The number of hydrogen-bond donors (Lipinski definition) is 1. The van der Waals surface area contributed by atoms with Crippen LogP contribution in [0, 0.1) is 5.92 Å². The van der Waals surface area contributed by atoms with Gasteiger partial charge in [0.1, 0.15) is 0 Å². The normalized spacial score (nSPS) is 15.5. The van der Waals surface area contributed by atoms with Crippen molar-refractivity contribution < 1.29 is 14.4 Å². The molecule has 1 fully saturated rings. The van der Waals surface area contributed by atoms with Crippen molar-refractivity contribution in [1.82, 2.24) is 4.90 Å². The van der Waals surface area contributed by atoms with Crippen LogP contribution in [0.2, 0.25) is 0 Å². The Bertz CT molecular complexity index is 558. The monoisotopic (exact) mass is 302 g/mol. The molecule has 0 aromatic heterocycles. The van der Waals surface area contributed by atoms with Crippen molar-refractivity contribution in [2.75, 3.05) is 18.4 Å². The van der Waals surface area contributed by atoms with Crippen LogP contribution in [-0.4, -0.2) is 35.6 Å². The van der Waals surface area contributed by atoms with Crippen LogP contribution in [0.15, 0.2) is 24.3 Å². The Kier molecular flexibility index (Phi) is 5.31. The molecule has 0 radical (unpaired) electrons. The fourth-order valence-corrected chi connectivity index (χ4v) is 2.65. The zero-order valence-electron chi connectivity index (χ0n) is 13.1. The summed E-state index contributed by atoms with van der Waals surface area (Å²) in [6.07, 6.45) is 1.91. The van der Waals surface area contributed by atoms with Gasteiger partial charge < -0.3 is 10.2 Å². The number of Topliss-reactive ketones (excluding diaryl/α,β-unsaturated/α-hetero) is 1. The van der Waals surface area contributed by atoms with Gasteiger partial charge in [-0.3, -0.25) is 14.4 Å². The number of rotatable bonds is 4. The minimum absolute atomic E-state index is 0.00541. The maximum absolute atomic E-state index is 12.3. The van der Waals surface area contributed by atoms with E-state index in [2.05, 4.69) is 5.32 Å². The number of anilines is 1. The summed E-state index contributed by atoms with van der Waals surface area (Å²) in [5.74, 6) is 0.0806. The van der Waals surface area contributed by atoms with E-state index in [1.807, 2.05) is 11.8 Å². The lowest BCUT2D eigenvalue weighted by atomic mass is 9.95. The van der Waals surface area contributed by atoms with Gasteiger partial charge in [-0.05, 0) is 44.0 Å². The molecule has 22 heavy (non-hydrogen) atoms. The Hall–Kier alpha value is -2.17. The van der Waals surface area contributed by atoms with E-state index in [1.165, 1.54) is 6.92 Å². The Balaban J connectivity index is 1.88. The third-order valence-electron chi connectivity index (χ3n) is 4.08. The lowest BCUT2D eigenvalue weighted by Crippen LogP contribution is -2.41. The molecular formula is C17H22N2O3. The molecule has 1 aliphatic rings. The third kappa shape index (κ3) is 3.93. The van der Waals surface area contributed by atoms with Gasteiger partial charge >= 0.3 is 0 Å². The summed E-state index contributed by atoms with van der Waals surface area (Å²) < 4.78 is 0. The van der Waals surface area contributed by atoms with Crippen molar-refractivity contribution in [3.05, 3.63) is 29.8 Å². The van der Waals surface area contributed by atoms with Crippen LogP contribution in [0.25, 0.3) is 0 Å². The summed E-state index contributed by atoms with van der Waals surface area (Å²) in [7, 11) is 0. The average molecular weight is 302 g/mol. The second-order valence-electron chi connectivity index (χ2n) is 5.63. The minimum Gasteiger partial charge on any atom is -0.343 e. The molecule has 0 unspecified atom stereocenters. The molecule has 0 atom stereocenters. The molecule has 1 N–H and O–H groups in total. The largest absolute Gasteiger partial charge is 0.343 e. The molecule has 2 rings (SSSR count). The maximum Gasteiger partial charge on any atom is 0.227 e. The first-order valence-corrected chi connectivity index (χ1v) is 7.71. The van der Waals surface area contributed by atoms with Gasteiger partial charge in [0.15, 0.2) is 5.78 Å². The lowest BCUT2D eigenvalue weighted by Gasteiger charge is -2.31. The number of likely N-dealkylation sites (tertiary alicyclic amines) is 1.